The van der Waals surface area contributed by atoms with Gasteiger partial charge in [-0.2, -0.15) is 0 Å². The summed E-state index contributed by atoms with van der Waals surface area (Å²) in [7, 11) is 0. The Balaban J connectivity index is 2.13. The van der Waals surface area contributed by atoms with E-state index in [4.69, 9.17) is 14.2 Å². The topological polar surface area (TPSA) is 44.8 Å². The molecule has 0 aliphatic carbocycles. The fraction of sp³-hybridized carbons (Fsp3) is 0.900. The lowest BCUT2D eigenvalue weighted by Crippen LogP contribution is -2.26. The van der Waals surface area contributed by atoms with Gasteiger partial charge in [0, 0.05) is 12.5 Å². The van der Waals surface area contributed by atoms with Crippen LogP contribution in [0.25, 0.3) is 0 Å². The van der Waals surface area contributed by atoms with Gasteiger partial charge >= 0.3 is 5.97 Å². The number of carbonyl (C=O) groups excluding carboxylic acids is 1. The van der Waals surface area contributed by atoms with Crippen LogP contribution in [-0.4, -0.2) is 38.5 Å². The van der Waals surface area contributed by atoms with Crippen molar-refractivity contribution in [2.45, 2.75) is 26.4 Å². The van der Waals surface area contributed by atoms with Crippen LogP contribution in [0.2, 0.25) is 0 Å². The van der Waals surface area contributed by atoms with E-state index in [0.717, 1.165) is 19.6 Å². The lowest BCUT2D eigenvalue weighted by Gasteiger charge is -2.14. The molecular weight excluding hydrogens is 184 g/mol. The molecule has 0 bridgehead atoms. The van der Waals surface area contributed by atoms with Crippen molar-refractivity contribution in [3.63, 3.8) is 0 Å². The number of ether oxygens (including phenoxy) is 3. The molecule has 4 nitrogen and oxygen atoms in total. The average molecular weight is 202 g/mol. The van der Waals surface area contributed by atoms with Crippen LogP contribution in [0.4, 0.5) is 0 Å². The molecule has 1 aliphatic rings. The van der Waals surface area contributed by atoms with Gasteiger partial charge in [0.1, 0.15) is 0 Å². The molecule has 1 aliphatic heterocycles. The second-order valence-corrected chi connectivity index (χ2v) is 3.46. The second kappa shape index (κ2) is 5.98. The molecule has 0 aromatic carbocycles. The first-order valence-electron chi connectivity index (χ1n) is 5.10. The van der Waals surface area contributed by atoms with Gasteiger partial charge in [-0.05, 0) is 20.3 Å². The van der Waals surface area contributed by atoms with Crippen LogP contribution in [0.15, 0.2) is 0 Å². The lowest BCUT2D eigenvalue weighted by molar-refractivity contribution is -0.156. The maximum Gasteiger partial charge on any atom is 0.334 e. The molecule has 0 spiro atoms. The molecule has 82 valence electrons. The van der Waals surface area contributed by atoms with Crippen molar-refractivity contribution in [3.8, 4) is 0 Å². The molecule has 0 aromatic heterocycles. The zero-order valence-electron chi connectivity index (χ0n) is 8.82. The number of hydrogen-bond acceptors (Lipinski definition) is 4. The highest BCUT2D eigenvalue weighted by molar-refractivity contribution is 5.74. The van der Waals surface area contributed by atoms with Crippen molar-refractivity contribution in [1.82, 2.24) is 0 Å². The minimum absolute atomic E-state index is 0.286. The normalized spacial score (nSPS) is 23.4. The minimum Gasteiger partial charge on any atom is -0.464 e. The van der Waals surface area contributed by atoms with Crippen molar-refractivity contribution in [3.05, 3.63) is 0 Å². The molecule has 4 heteroatoms. The number of hydrogen-bond donors (Lipinski definition) is 0. The highest BCUT2D eigenvalue weighted by Crippen LogP contribution is 2.13. The van der Waals surface area contributed by atoms with Gasteiger partial charge < -0.3 is 14.2 Å². The standard InChI is InChI=1S/C10H18O4/c1-3-13-10(11)8(2)14-7-9-4-5-12-6-9/h8-9H,3-7H2,1-2H3. The highest BCUT2D eigenvalue weighted by Gasteiger charge is 2.20. The van der Waals surface area contributed by atoms with E-state index in [-0.39, 0.29) is 5.97 Å². The molecule has 1 heterocycles. The molecule has 14 heavy (non-hydrogen) atoms. The molecule has 0 saturated carbocycles. The molecule has 1 fully saturated rings. The number of esters is 1. The second-order valence-electron chi connectivity index (χ2n) is 3.46. The van der Waals surface area contributed by atoms with Crippen LogP contribution in [0.5, 0.6) is 0 Å². The minimum atomic E-state index is -0.462. The Hall–Kier alpha value is -0.610. The van der Waals surface area contributed by atoms with Gasteiger partial charge in [0.15, 0.2) is 6.10 Å². The van der Waals surface area contributed by atoms with E-state index in [1.165, 1.54) is 0 Å². The molecular formula is C10H18O4. The number of rotatable bonds is 5. The van der Waals surface area contributed by atoms with Crippen LogP contribution >= 0.6 is 0 Å². The maximum atomic E-state index is 11.2. The van der Waals surface area contributed by atoms with Crippen LogP contribution in [0.3, 0.4) is 0 Å². The monoisotopic (exact) mass is 202 g/mol. The van der Waals surface area contributed by atoms with Gasteiger partial charge in [0.2, 0.25) is 0 Å². The van der Waals surface area contributed by atoms with Gasteiger partial charge in [0.25, 0.3) is 0 Å². The Bertz CT molecular complexity index is 175. The zero-order valence-corrected chi connectivity index (χ0v) is 8.82. The summed E-state index contributed by atoms with van der Waals surface area (Å²) in [4.78, 5) is 11.2. The molecule has 0 N–H and O–H groups in total. The largest absolute Gasteiger partial charge is 0.464 e. The van der Waals surface area contributed by atoms with E-state index in [9.17, 15) is 4.79 Å². The molecule has 0 amide bonds. The Morgan fingerprint density at radius 2 is 2.43 bits per heavy atom. The molecule has 2 atom stereocenters. The Morgan fingerprint density at radius 1 is 1.64 bits per heavy atom. The van der Waals surface area contributed by atoms with Crippen molar-refractivity contribution in [2.75, 3.05) is 26.4 Å². The molecule has 1 rings (SSSR count). The average Bonchev–Trinajstić information content (AvgIpc) is 2.67. The highest BCUT2D eigenvalue weighted by atomic mass is 16.6. The Morgan fingerprint density at radius 3 is 3.00 bits per heavy atom. The Labute approximate surface area is 84.5 Å². The third-order valence-corrected chi connectivity index (χ3v) is 2.22. The third-order valence-electron chi connectivity index (χ3n) is 2.22. The SMILES string of the molecule is CCOC(=O)C(C)OCC1CCOC1. The summed E-state index contributed by atoms with van der Waals surface area (Å²) < 4.78 is 15.4. The van der Waals surface area contributed by atoms with Gasteiger partial charge in [-0.25, -0.2) is 4.79 Å². The van der Waals surface area contributed by atoms with Crippen LogP contribution in [0, 0.1) is 5.92 Å². The molecule has 1 saturated heterocycles. The zero-order chi connectivity index (χ0) is 10.4. The van der Waals surface area contributed by atoms with Crippen molar-refractivity contribution in [1.29, 1.82) is 0 Å². The summed E-state index contributed by atoms with van der Waals surface area (Å²) >= 11 is 0. The fourth-order valence-corrected chi connectivity index (χ4v) is 1.32. The Kier molecular flexibility index (Phi) is 4.90. The van der Waals surface area contributed by atoms with Crippen molar-refractivity contribution in [2.24, 2.45) is 5.92 Å². The van der Waals surface area contributed by atoms with Crippen LogP contribution in [0.1, 0.15) is 20.3 Å². The summed E-state index contributed by atoms with van der Waals surface area (Å²) in [6, 6.07) is 0. The quantitative estimate of drug-likeness (QED) is 0.624. The molecule has 2 unspecified atom stereocenters. The maximum absolute atomic E-state index is 11.2. The van der Waals surface area contributed by atoms with E-state index >= 15 is 0 Å². The molecule has 0 radical (unpaired) electrons. The van der Waals surface area contributed by atoms with Crippen molar-refractivity contribution < 1.29 is 19.0 Å². The van der Waals surface area contributed by atoms with Gasteiger partial charge in [-0.15, -0.1) is 0 Å². The van der Waals surface area contributed by atoms with Gasteiger partial charge in [-0.1, -0.05) is 0 Å². The van der Waals surface area contributed by atoms with E-state index in [1.807, 2.05) is 0 Å². The first-order valence-corrected chi connectivity index (χ1v) is 5.10. The number of carbonyl (C=O) groups is 1. The first kappa shape index (κ1) is 11.5. The van der Waals surface area contributed by atoms with Crippen LogP contribution in [-0.2, 0) is 19.0 Å². The lowest BCUT2D eigenvalue weighted by atomic mass is 10.1. The predicted octanol–water partition coefficient (Wildman–Crippen LogP) is 0.991. The molecule has 0 aromatic rings. The van der Waals surface area contributed by atoms with Crippen molar-refractivity contribution >= 4 is 5.97 Å². The van der Waals surface area contributed by atoms with E-state index in [0.29, 0.717) is 19.1 Å². The summed E-state index contributed by atoms with van der Waals surface area (Å²) in [5.74, 6) is 0.151. The van der Waals surface area contributed by atoms with Crippen LogP contribution < -0.4 is 0 Å². The summed E-state index contributed by atoms with van der Waals surface area (Å²) in [5.41, 5.74) is 0. The smallest absolute Gasteiger partial charge is 0.334 e. The van der Waals surface area contributed by atoms with E-state index in [1.54, 1.807) is 13.8 Å². The van der Waals surface area contributed by atoms with Gasteiger partial charge in [0.05, 0.1) is 19.8 Å². The van der Waals surface area contributed by atoms with E-state index in [2.05, 4.69) is 0 Å². The summed E-state index contributed by atoms with van der Waals surface area (Å²) in [6.07, 6.45) is 0.561. The summed E-state index contributed by atoms with van der Waals surface area (Å²) in [6.45, 7) is 6.04. The predicted molar refractivity (Wildman–Crippen MR) is 51.0 cm³/mol. The fourth-order valence-electron chi connectivity index (χ4n) is 1.32. The third kappa shape index (κ3) is 3.64. The first-order chi connectivity index (χ1) is 6.74. The summed E-state index contributed by atoms with van der Waals surface area (Å²) in [5, 5.41) is 0. The van der Waals surface area contributed by atoms with E-state index < -0.39 is 6.10 Å². The van der Waals surface area contributed by atoms with Gasteiger partial charge in [-0.3, -0.25) is 0 Å².